The van der Waals surface area contributed by atoms with E-state index in [1.807, 2.05) is 11.8 Å². The van der Waals surface area contributed by atoms with Crippen LogP contribution in [-0.2, 0) is 4.79 Å². The largest absolute Gasteiger partial charge is 0.365 e. The number of amides is 1. The van der Waals surface area contributed by atoms with Crippen molar-refractivity contribution < 1.29 is 9.72 Å². The first-order valence-electron chi connectivity index (χ1n) is 9.61. The Labute approximate surface area is 162 Å². The first-order valence-corrected chi connectivity index (χ1v) is 9.61. The summed E-state index contributed by atoms with van der Waals surface area (Å²) >= 11 is 0. The van der Waals surface area contributed by atoms with Crippen molar-refractivity contribution in [1.82, 2.24) is 15.3 Å². The molecule has 2 heterocycles. The number of nitrogens with zero attached hydrogens (tertiary/aromatic N) is 3. The van der Waals surface area contributed by atoms with Crippen LogP contribution in [0, 0.1) is 16.0 Å². The maximum absolute atomic E-state index is 12.6. The maximum Gasteiger partial charge on any atom is 0.293 e. The molecule has 2 unspecified atom stereocenters. The lowest BCUT2D eigenvalue weighted by Gasteiger charge is -2.34. The van der Waals surface area contributed by atoms with Crippen LogP contribution in [0.25, 0.3) is 10.9 Å². The quantitative estimate of drug-likeness (QED) is 0.580. The number of piperidine rings is 1. The number of carbonyl (C=O) groups is 1. The first-order chi connectivity index (χ1) is 13.4. The Morgan fingerprint density at radius 2 is 2.29 bits per heavy atom. The summed E-state index contributed by atoms with van der Waals surface area (Å²) in [5, 5.41) is 14.8. The predicted molar refractivity (Wildman–Crippen MR) is 106 cm³/mol. The van der Waals surface area contributed by atoms with Crippen molar-refractivity contribution in [3.8, 4) is 0 Å². The van der Waals surface area contributed by atoms with Gasteiger partial charge in [-0.05, 0) is 32.3 Å². The molecule has 3 rings (SSSR count). The molecule has 0 saturated carbocycles. The van der Waals surface area contributed by atoms with Crippen LogP contribution < -0.4 is 15.8 Å². The third-order valence-corrected chi connectivity index (χ3v) is 5.18. The zero-order valence-corrected chi connectivity index (χ0v) is 16.1. The van der Waals surface area contributed by atoms with Gasteiger partial charge in [0.2, 0.25) is 5.91 Å². The number of aromatic nitrogens is 2. The summed E-state index contributed by atoms with van der Waals surface area (Å²) in [6, 6.07) is 2.95. The van der Waals surface area contributed by atoms with E-state index in [2.05, 4.69) is 22.2 Å². The molecule has 2 atom stereocenters. The van der Waals surface area contributed by atoms with Gasteiger partial charge in [-0.1, -0.05) is 13.3 Å². The van der Waals surface area contributed by atoms with E-state index in [1.165, 1.54) is 12.4 Å². The molecule has 0 aliphatic carbocycles. The van der Waals surface area contributed by atoms with E-state index < -0.39 is 10.5 Å². The van der Waals surface area contributed by atoms with Gasteiger partial charge in [-0.3, -0.25) is 19.7 Å². The molecule has 1 aliphatic heterocycles. The van der Waals surface area contributed by atoms with Gasteiger partial charge in [0.25, 0.3) is 11.2 Å². The van der Waals surface area contributed by atoms with Gasteiger partial charge < -0.3 is 15.2 Å². The minimum absolute atomic E-state index is 0.0105. The van der Waals surface area contributed by atoms with Crippen LogP contribution in [0.2, 0.25) is 0 Å². The van der Waals surface area contributed by atoms with E-state index in [0.717, 1.165) is 25.7 Å². The lowest BCUT2D eigenvalue weighted by molar-refractivity contribution is -0.384. The van der Waals surface area contributed by atoms with E-state index in [0.29, 0.717) is 24.3 Å². The highest BCUT2D eigenvalue weighted by Crippen LogP contribution is 2.34. The van der Waals surface area contributed by atoms with Crippen molar-refractivity contribution >= 4 is 28.2 Å². The van der Waals surface area contributed by atoms with Crippen molar-refractivity contribution in [3.63, 3.8) is 0 Å². The summed E-state index contributed by atoms with van der Waals surface area (Å²) in [5.41, 5.74) is 0.231. The van der Waals surface area contributed by atoms with E-state index in [1.54, 1.807) is 6.07 Å². The maximum atomic E-state index is 12.6. The Kier molecular flexibility index (Phi) is 5.91. The van der Waals surface area contributed by atoms with Gasteiger partial charge >= 0.3 is 0 Å². The number of hydrogen-bond donors (Lipinski definition) is 2. The number of anilines is 1. The lowest BCUT2D eigenvalue weighted by atomic mass is 9.95. The third-order valence-electron chi connectivity index (χ3n) is 5.18. The van der Waals surface area contributed by atoms with Crippen LogP contribution in [0.3, 0.4) is 0 Å². The van der Waals surface area contributed by atoms with Crippen molar-refractivity contribution in [2.24, 2.45) is 5.92 Å². The van der Waals surface area contributed by atoms with Gasteiger partial charge in [0.05, 0.1) is 28.1 Å². The second-order valence-corrected chi connectivity index (χ2v) is 7.33. The zero-order valence-electron chi connectivity index (χ0n) is 16.1. The minimum Gasteiger partial charge on any atom is -0.365 e. The van der Waals surface area contributed by atoms with Gasteiger partial charge in [0.15, 0.2) is 0 Å². The van der Waals surface area contributed by atoms with Crippen LogP contribution in [0.15, 0.2) is 23.3 Å². The molecule has 0 bridgehead atoms. The minimum atomic E-state index is -0.492. The summed E-state index contributed by atoms with van der Waals surface area (Å²) < 4.78 is 0. The highest BCUT2D eigenvalue weighted by Gasteiger charge is 2.30. The van der Waals surface area contributed by atoms with Crippen molar-refractivity contribution in [2.45, 2.75) is 45.6 Å². The average molecular weight is 387 g/mol. The van der Waals surface area contributed by atoms with E-state index in [9.17, 15) is 19.7 Å². The second-order valence-electron chi connectivity index (χ2n) is 7.33. The highest BCUT2D eigenvalue weighted by atomic mass is 16.6. The molecular formula is C19H25N5O4. The summed E-state index contributed by atoms with van der Waals surface area (Å²) in [6.45, 7) is 5.08. The number of aromatic amines is 1. The molecular weight excluding hydrogens is 362 g/mol. The predicted octanol–water partition coefficient (Wildman–Crippen LogP) is 2.35. The van der Waals surface area contributed by atoms with Crippen molar-refractivity contribution in [2.75, 3.05) is 18.0 Å². The Morgan fingerprint density at radius 1 is 1.50 bits per heavy atom. The number of nitro groups is 1. The number of rotatable bonds is 6. The standard InChI is InChI=1S/C19H25N5O4/c1-3-5-12(2)22-18(25)13-6-4-7-23(10-13)16-9-15-14(8-17(16)24(27)28)19(26)21-11-20-15/h8-9,11-13H,3-7,10H2,1-2H3,(H,22,25)(H,20,21,26). The van der Waals surface area contributed by atoms with Crippen LogP contribution in [0.4, 0.5) is 11.4 Å². The van der Waals surface area contributed by atoms with Crippen molar-refractivity contribution in [1.29, 1.82) is 0 Å². The molecule has 2 aromatic rings. The van der Waals surface area contributed by atoms with E-state index >= 15 is 0 Å². The first kappa shape index (κ1) is 19.8. The number of nitro benzene ring substituents is 1. The SMILES string of the molecule is CCCC(C)NC(=O)C1CCCN(c2cc3nc[nH]c(=O)c3cc2[N+](=O)[O-])C1. The molecule has 1 aromatic heterocycles. The van der Waals surface area contributed by atoms with Crippen molar-refractivity contribution in [3.05, 3.63) is 38.9 Å². The van der Waals surface area contributed by atoms with Crippen LogP contribution in [0.5, 0.6) is 0 Å². The summed E-state index contributed by atoms with van der Waals surface area (Å²) in [4.78, 5) is 44.1. The topological polar surface area (TPSA) is 121 Å². The fourth-order valence-electron chi connectivity index (χ4n) is 3.77. The molecule has 1 saturated heterocycles. The zero-order chi connectivity index (χ0) is 20.3. The van der Waals surface area contributed by atoms with E-state index in [4.69, 9.17) is 0 Å². The summed E-state index contributed by atoms with van der Waals surface area (Å²) in [5.74, 6) is -0.237. The average Bonchev–Trinajstić information content (AvgIpc) is 2.67. The molecule has 1 aliphatic rings. The van der Waals surface area contributed by atoms with E-state index in [-0.39, 0.29) is 28.9 Å². The Hall–Kier alpha value is -2.97. The molecule has 1 fully saturated rings. The Balaban J connectivity index is 1.89. The number of fused-ring (bicyclic) bond motifs is 1. The molecule has 9 nitrogen and oxygen atoms in total. The second kappa shape index (κ2) is 8.37. The smallest absolute Gasteiger partial charge is 0.293 e. The van der Waals surface area contributed by atoms with Gasteiger partial charge in [0, 0.05) is 25.2 Å². The number of carbonyl (C=O) groups excluding carboxylic acids is 1. The highest BCUT2D eigenvalue weighted by molar-refractivity contribution is 5.87. The van der Waals surface area contributed by atoms with Gasteiger partial charge in [-0.2, -0.15) is 0 Å². The van der Waals surface area contributed by atoms with Gasteiger partial charge in [-0.15, -0.1) is 0 Å². The fraction of sp³-hybridized carbons (Fsp3) is 0.526. The normalized spacial score (nSPS) is 18.1. The molecule has 2 N–H and O–H groups in total. The molecule has 0 spiro atoms. The number of nitrogens with one attached hydrogen (secondary N) is 2. The molecule has 0 radical (unpaired) electrons. The molecule has 1 amide bonds. The number of benzene rings is 1. The monoisotopic (exact) mass is 387 g/mol. The third kappa shape index (κ3) is 4.13. The molecule has 1 aromatic carbocycles. The van der Waals surface area contributed by atoms with Crippen LogP contribution in [-0.4, -0.2) is 39.9 Å². The van der Waals surface area contributed by atoms with Gasteiger partial charge in [0.1, 0.15) is 5.69 Å². The molecule has 9 heteroatoms. The summed E-state index contributed by atoms with van der Waals surface area (Å²) in [7, 11) is 0. The Morgan fingerprint density at radius 3 is 3.00 bits per heavy atom. The van der Waals surface area contributed by atoms with Gasteiger partial charge in [-0.25, -0.2) is 4.98 Å². The molecule has 28 heavy (non-hydrogen) atoms. The number of H-pyrrole nitrogens is 1. The lowest BCUT2D eigenvalue weighted by Crippen LogP contribution is -2.45. The summed E-state index contributed by atoms with van der Waals surface area (Å²) in [6.07, 6.45) is 4.70. The Bertz CT molecular complexity index is 942. The number of hydrogen-bond acceptors (Lipinski definition) is 6. The fourth-order valence-corrected chi connectivity index (χ4v) is 3.77. The van der Waals surface area contributed by atoms with Crippen LogP contribution >= 0.6 is 0 Å². The molecule has 150 valence electrons. The van der Waals surface area contributed by atoms with Crippen LogP contribution in [0.1, 0.15) is 39.5 Å².